The first kappa shape index (κ1) is 14.4. The van der Waals surface area contributed by atoms with Crippen LogP contribution in [-0.4, -0.2) is 27.1 Å². The van der Waals surface area contributed by atoms with Crippen LogP contribution in [-0.2, 0) is 14.0 Å². The largest absolute Gasteiger partial charge is 0.460 e. The van der Waals surface area contributed by atoms with Crippen molar-refractivity contribution in [1.29, 1.82) is 0 Å². The Bertz CT molecular complexity index is 212. The lowest BCUT2D eigenvalue weighted by atomic mass is 10.3. The summed E-state index contributed by atoms with van der Waals surface area (Å²) < 4.78 is 10.9. The molecule has 15 heavy (non-hydrogen) atoms. The van der Waals surface area contributed by atoms with Gasteiger partial charge in [0.05, 0.1) is 0 Å². The lowest BCUT2D eigenvalue weighted by molar-refractivity contribution is -0.140. The van der Waals surface area contributed by atoms with Gasteiger partial charge in [0.25, 0.3) is 0 Å². The van der Waals surface area contributed by atoms with E-state index in [1.54, 1.807) is 7.11 Å². The molecule has 0 aromatic carbocycles. The van der Waals surface area contributed by atoms with Gasteiger partial charge in [0, 0.05) is 13.2 Å². The van der Waals surface area contributed by atoms with Crippen molar-refractivity contribution in [3.8, 4) is 0 Å². The van der Waals surface area contributed by atoms with Crippen LogP contribution >= 0.6 is 0 Å². The molecule has 0 N–H and O–H groups in total. The fourth-order valence-electron chi connectivity index (χ4n) is 1.44. The van der Waals surface area contributed by atoms with Crippen molar-refractivity contribution < 1.29 is 14.0 Å². The Balaban J connectivity index is 4.61. The molecule has 0 aliphatic heterocycles. The summed E-state index contributed by atoms with van der Waals surface area (Å²) >= 11 is 0. The van der Waals surface area contributed by atoms with E-state index < -0.39 is 8.32 Å². The number of hydrogen-bond acceptors (Lipinski definition) is 3. The summed E-state index contributed by atoms with van der Waals surface area (Å²) in [5.41, 5.74) is -0.0667. The van der Waals surface area contributed by atoms with E-state index in [1.807, 2.05) is 0 Å². The van der Waals surface area contributed by atoms with Crippen molar-refractivity contribution in [2.24, 2.45) is 0 Å². The quantitative estimate of drug-likeness (QED) is 0.383. The zero-order valence-corrected chi connectivity index (χ0v) is 11.2. The van der Waals surface area contributed by atoms with Gasteiger partial charge in [-0.3, -0.25) is 0 Å². The second-order valence-corrected chi connectivity index (χ2v) is 8.17. The average Bonchev–Trinajstić information content (AvgIpc) is 2.27. The molecule has 0 saturated heterocycles. The highest BCUT2D eigenvalue weighted by Gasteiger charge is 2.38. The summed E-state index contributed by atoms with van der Waals surface area (Å²) in [5.74, 6) is -0.349. The van der Waals surface area contributed by atoms with E-state index >= 15 is 0 Å². The Morgan fingerprint density at radius 2 is 2.13 bits per heavy atom. The van der Waals surface area contributed by atoms with Crippen molar-refractivity contribution in [2.45, 2.75) is 45.0 Å². The normalized spacial score (nSPS) is 16.5. The molecule has 0 fully saturated rings. The molecule has 0 aromatic heterocycles. The third kappa shape index (κ3) is 4.18. The van der Waals surface area contributed by atoms with E-state index in [9.17, 15) is 4.79 Å². The zero-order chi connectivity index (χ0) is 11.9. The predicted octanol–water partition coefficient (Wildman–Crippen LogP) is 2.67. The standard InChI is InChI=1S/C11H22O3Si/c1-6-9-11(14-10(12)7-2)15(5,8-3)13-4/h7,11H,2,6,8-9H2,1,3-5H3. The van der Waals surface area contributed by atoms with Gasteiger partial charge in [0.1, 0.15) is 5.73 Å². The van der Waals surface area contributed by atoms with Gasteiger partial charge in [0.2, 0.25) is 8.32 Å². The molecule has 0 heterocycles. The first-order valence-electron chi connectivity index (χ1n) is 5.42. The van der Waals surface area contributed by atoms with Crippen LogP contribution < -0.4 is 0 Å². The molecule has 0 spiro atoms. The SMILES string of the molecule is C=CC(=O)OC(CCC)[Si](C)(CC)OC. The molecule has 4 heteroatoms. The number of carbonyl (C=O) groups is 1. The van der Waals surface area contributed by atoms with Crippen LogP contribution in [0.2, 0.25) is 12.6 Å². The molecule has 0 rings (SSSR count). The Labute approximate surface area is 93.6 Å². The van der Waals surface area contributed by atoms with Crippen LogP contribution in [0.3, 0.4) is 0 Å². The lowest BCUT2D eigenvalue weighted by Crippen LogP contribution is -2.48. The van der Waals surface area contributed by atoms with Crippen molar-refractivity contribution in [1.82, 2.24) is 0 Å². The van der Waals surface area contributed by atoms with Gasteiger partial charge >= 0.3 is 5.97 Å². The molecule has 2 unspecified atom stereocenters. The molecular weight excluding hydrogens is 208 g/mol. The fourth-order valence-corrected chi connectivity index (χ4v) is 3.71. The average molecular weight is 230 g/mol. The maximum absolute atomic E-state index is 11.2. The minimum absolute atomic E-state index is 0.0667. The Morgan fingerprint density at radius 1 is 1.53 bits per heavy atom. The molecule has 3 nitrogen and oxygen atoms in total. The second kappa shape index (κ2) is 6.79. The molecule has 0 radical (unpaired) electrons. The summed E-state index contributed by atoms with van der Waals surface area (Å²) in [6.45, 7) is 9.67. The van der Waals surface area contributed by atoms with Crippen molar-refractivity contribution in [3.05, 3.63) is 12.7 Å². The van der Waals surface area contributed by atoms with E-state index in [2.05, 4.69) is 27.0 Å². The summed E-state index contributed by atoms with van der Waals surface area (Å²) in [5, 5.41) is 0. The first-order valence-corrected chi connectivity index (χ1v) is 8.11. The number of rotatable bonds is 7. The molecule has 0 amide bonds. The molecule has 0 aliphatic carbocycles. The minimum Gasteiger partial charge on any atom is -0.460 e. The van der Waals surface area contributed by atoms with E-state index in [0.717, 1.165) is 18.9 Å². The monoisotopic (exact) mass is 230 g/mol. The highest BCUT2D eigenvalue weighted by Crippen LogP contribution is 2.22. The van der Waals surface area contributed by atoms with Crippen LogP contribution in [0.1, 0.15) is 26.7 Å². The summed E-state index contributed by atoms with van der Waals surface area (Å²) in [4.78, 5) is 11.2. The first-order chi connectivity index (χ1) is 7.03. The number of ether oxygens (including phenoxy) is 1. The van der Waals surface area contributed by atoms with Crippen molar-refractivity contribution >= 4 is 14.3 Å². The lowest BCUT2D eigenvalue weighted by Gasteiger charge is -2.32. The van der Waals surface area contributed by atoms with Gasteiger partial charge in [-0.25, -0.2) is 4.79 Å². The predicted molar refractivity (Wildman–Crippen MR) is 64.1 cm³/mol. The van der Waals surface area contributed by atoms with Gasteiger partial charge in [-0.05, 0) is 19.0 Å². The van der Waals surface area contributed by atoms with Crippen LogP contribution in [0.4, 0.5) is 0 Å². The molecule has 0 saturated carbocycles. The van der Waals surface area contributed by atoms with Gasteiger partial charge in [-0.15, -0.1) is 0 Å². The molecule has 0 aromatic rings. The van der Waals surface area contributed by atoms with E-state index in [1.165, 1.54) is 6.08 Å². The third-order valence-corrected chi connectivity index (χ3v) is 6.93. The molecule has 2 atom stereocenters. The third-order valence-electron chi connectivity index (χ3n) is 2.83. The highest BCUT2D eigenvalue weighted by molar-refractivity contribution is 6.73. The van der Waals surface area contributed by atoms with Crippen molar-refractivity contribution in [3.63, 3.8) is 0 Å². The molecular formula is C11H22O3Si. The maximum atomic E-state index is 11.2. The molecule has 0 aliphatic rings. The Hall–Kier alpha value is -0.613. The van der Waals surface area contributed by atoms with Crippen molar-refractivity contribution in [2.75, 3.05) is 7.11 Å². The second-order valence-electron chi connectivity index (χ2n) is 3.79. The smallest absolute Gasteiger partial charge is 0.330 e. The van der Waals surface area contributed by atoms with E-state index in [4.69, 9.17) is 9.16 Å². The van der Waals surface area contributed by atoms with Gasteiger partial charge < -0.3 is 9.16 Å². The van der Waals surface area contributed by atoms with Crippen LogP contribution in [0, 0.1) is 0 Å². The van der Waals surface area contributed by atoms with Gasteiger partial charge in [0.15, 0.2) is 0 Å². The number of hydrogen-bond donors (Lipinski definition) is 0. The van der Waals surface area contributed by atoms with Crippen LogP contribution in [0.25, 0.3) is 0 Å². The summed E-state index contributed by atoms with van der Waals surface area (Å²) in [6.07, 6.45) is 3.06. The molecule has 88 valence electrons. The summed E-state index contributed by atoms with van der Waals surface area (Å²) in [7, 11) is -0.209. The van der Waals surface area contributed by atoms with E-state index in [-0.39, 0.29) is 11.7 Å². The number of esters is 1. The Morgan fingerprint density at radius 3 is 2.47 bits per heavy atom. The molecule has 0 bridgehead atoms. The Kier molecular flexibility index (Phi) is 6.52. The topological polar surface area (TPSA) is 35.5 Å². The summed E-state index contributed by atoms with van der Waals surface area (Å²) in [6, 6.07) is 0.943. The fraction of sp³-hybridized carbons (Fsp3) is 0.727. The van der Waals surface area contributed by atoms with Gasteiger partial charge in [-0.1, -0.05) is 26.8 Å². The highest BCUT2D eigenvalue weighted by atomic mass is 28.4. The van der Waals surface area contributed by atoms with E-state index in [0.29, 0.717) is 0 Å². The minimum atomic E-state index is -1.92. The van der Waals surface area contributed by atoms with Crippen LogP contribution in [0.5, 0.6) is 0 Å². The number of carbonyl (C=O) groups excluding carboxylic acids is 1. The zero-order valence-electron chi connectivity index (χ0n) is 10.2. The van der Waals surface area contributed by atoms with Crippen LogP contribution in [0.15, 0.2) is 12.7 Å². The maximum Gasteiger partial charge on any atom is 0.330 e. The van der Waals surface area contributed by atoms with Gasteiger partial charge in [-0.2, -0.15) is 0 Å².